The van der Waals surface area contributed by atoms with Gasteiger partial charge in [-0.3, -0.25) is 0 Å². The predicted molar refractivity (Wildman–Crippen MR) is 57.5 cm³/mol. The fourth-order valence-electron chi connectivity index (χ4n) is 1.52. The fraction of sp³-hybridized carbons (Fsp3) is 0.500. The zero-order valence-electron chi connectivity index (χ0n) is 8.67. The third-order valence-electron chi connectivity index (χ3n) is 2.40. The quantitative estimate of drug-likeness (QED) is 0.716. The first-order chi connectivity index (χ1) is 6.74. The normalized spacial score (nSPS) is 12.8. The minimum Gasteiger partial charge on any atom is -0.324 e. The van der Waals surface area contributed by atoms with Crippen molar-refractivity contribution >= 4 is 0 Å². The summed E-state index contributed by atoms with van der Waals surface area (Å²) in [6, 6.07) is 6.56. The largest absolute Gasteiger partial charge is 0.324 e. The molecule has 1 nitrogen and oxygen atoms in total. The first kappa shape index (κ1) is 11.2. The Morgan fingerprint density at radius 3 is 2.79 bits per heavy atom. The van der Waals surface area contributed by atoms with Gasteiger partial charge in [-0.2, -0.15) is 0 Å². The molecule has 0 bridgehead atoms. The van der Waals surface area contributed by atoms with Gasteiger partial charge in [0.2, 0.25) is 0 Å². The second kappa shape index (κ2) is 5.76. The van der Waals surface area contributed by atoms with Crippen LogP contribution < -0.4 is 5.73 Å². The summed E-state index contributed by atoms with van der Waals surface area (Å²) in [6.45, 7) is 2.16. The maximum Gasteiger partial charge on any atom is 0.123 e. The average molecular weight is 195 g/mol. The summed E-state index contributed by atoms with van der Waals surface area (Å²) < 4.78 is 12.9. The van der Waals surface area contributed by atoms with E-state index in [1.54, 1.807) is 6.07 Å². The van der Waals surface area contributed by atoms with Crippen molar-refractivity contribution in [3.63, 3.8) is 0 Å². The van der Waals surface area contributed by atoms with Crippen LogP contribution in [0.15, 0.2) is 24.3 Å². The van der Waals surface area contributed by atoms with Crippen LogP contribution in [0.25, 0.3) is 0 Å². The molecule has 0 fully saturated rings. The van der Waals surface area contributed by atoms with Gasteiger partial charge in [-0.1, -0.05) is 38.3 Å². The zero-order chi connectivity index (χ0) is 10.4. The molecule has 0 saturated carbocycles. The molecule has 1 aromatic rings. The van der Waals surface area contributed by atoms with Gasteiger partial charge in [0.25, 0.3) is 0 Å². The van der Waals surface area contributed by atoms with E-state index in [1.807, 2.05) is 6.07 Å². The van der Waals surface area contributed by atoms with Gasteiger partial charge in [0.1, 0.15) is 5.82 Å². The van der Waals surface area contributed by atoms with E-state index in [0.717, 1.165) is 18.4 Å². The van der Waals surface area contributed by atoms with E-state index in [0.29, 0.717) is 0 Å². The lowest BCUT2D eigenvalue weighted by Crippen LogP contribution is -2.10. The highest BCUT2D eigenvalue weighted by Crippen LogP contribution is 2.17. The number of benzene rings is 1. The third-order valence-corrected chi connectivity index (χ3v) is 2.40. The summed E-state index contributed by atoms with van der Waals surface area (Å²) >= 11 is 0. The van der Waals surface area contributed by atoms with Gasteiger partial charge in [0.15, 0.2) is 0 Å². The van der Waals surface area contributed by atoms with E-state index < -0.39 is 0 Å². The van der Waals surface area contributed by atoms with Crippen LogP contribution in [-0.4, -0.2) is 0 Å². The lowest BCUT2D eigenvalue weighted by atomic mass is 10.0. The standard InChI is InChI=1S/C12H18FN/c1-2-3-4-8-12(14)10-6-5-7-11(13)9-10/h5-7,9,12H,2-4,8,14H2,1H3/t12-/m0/s1. The Kier molecular flexibility index (Phi) is 4.60. The number of hydrogen-bond acceptors (Lipinski definition) is 1. The van der Waals surface area contributed by atoms with E-state index in [9.17, 15) is 4.39 Å². The van der Waals surface area contributed by atoms with Gasteiger partial charge in [-0.25, -0.2) is 4.39 Å². The van der Waals surface area contributed by atoms with Gasteiger partial charge in [-0.15, -0.1) is 0 Å². The van der Waals surface area contributed by atoms with Crippen LogP contribution in [0.2, 0.25) is 0 Å². The molecule has 0 aliphatic heterocycles. The maximum atomic E-state index is 12.9. The third kappa shape index (κ3) is 3.46. The lowest BCUT2D eigenvalue weighted by molar-refractivity contribution is 0.572. The first-order valence-electron chi connectivity index (χ1n) is 5.25. The highest BCUT2D eigenvalue weighted by Gasteiger charge is 2.05. The summed E-state index contributed by atoms with van der Waals surface area (Å²) in [7, 11) is 0. The van der Waals surface area contributed by atoms with Crippen LogP contribution in [0, 0.1) is 5.82 Å². The van der Waals surface area contributed by atoms with Crippen LogP contribution in [-0.2, 0) is 0 Å². The maximum absolute atomic E-state index is 12.9. The van der Waals surface area contributed by atoms with Gasteiger partial charge in [0, 0.05) is 6.04 Å². The van der Waals surface area contributed by atoms with Crippen molar-refractivity contribution in [3.05, 3.63) is 35.6 Å². The summed E-state index contributed by atoms with van der Waals surface area (Å²) in [5.41, 5.74) is 6.84. The monoisotopic (exact) mass is 195 g/mol. The molecule has 0 unspecified atom stereocenters. The molecule has 0 saturated heterocycles. The van der Waals surface area contributed by atoms with E-state index in [4.69, 9.17) is 5.73 Å². The highest BCUT2D eigenvalue weighted by molar-refractivity contribution is 5.19. The minimum atomic E-state index is -0.201. The minimum absolute atomic E-state index is 0.0164. The molecule has 1 rings (SSSR count). The smallest absolute Gasteiger partial charge is 0.123 e. The molecular weight excluding hydrogens is 177 g/mol. The van der Waals surface area contributed by atoms with Crippen molar-refractivity contribution in [2.45, 2.75) is 38.6 Å². The van der Waals surface area contributed by atoms with Crippen molar-refractivity contribution in [2.75, 3.05) is 0 Å². The fourth-order valence-corrected chi connectivity index (χ4v) is 1.52. The molecule has 0 amide bonds. The Labute approximate surface area is 85.1 Å². The molecule has 78 valence electrons. The van der Waals surface area contributed by atoms with E-state index >= 15 is 0 Å². The van der Waals surface area contributed by atoms with Crippen LogP contribution in [0.4, 0.5) is 4.39 Å². The first-order valence-corrected chi connectivity index (χ1v) is 5.25. The van der Waals surface area contributed by atoms with E-state index in [-0.39, 0.29) is 11.9 Å². The molecule has 0 heterocycles. The molecule has 14 heavy (non-hydrogen) atoms. The Morgan fingerprint density at radius 1 is 1.36 bits per heavy atom. The second-order valence-electron chi connectivity index (χ2n) is 3.66. The number of halogens is 1. The van der Waals surface area contributed by atoms with Gasteiger partial charge < -0.3 is 5.73 Å². The molecule has 0 radical (unpaired) electrons. The number of hydrogen-bond donors (Lipinski definition) is 1. The average Bonchev–Trinajstić information content (AvgIpc) is 2.18. The molecule has 0 aliphatic rings. The number of nitrogens with two attached hydrogens (primary N) is 1. The summed E-state index contributed by atoms with van der Waals surface area (Å²) in [5, 5.41) is 0. The van der Waals surface area contributed by atoms with Crippen molar-refractivity contribution in [2.24, 2.45) is 5.73 Å². The van der Waals surface area contributed by atoms with Crippen molar-refractivity contribution < 1.29 is 4.39 Å². The molecule has 1 atom stereocenters. The van der Waals surface area contributed by atoms with Crippen molar-refractivity contribution in [1.82, 2.24) is 0 Å². The van der Waals surface area contributed by atoms with Crippen LogP contribution in [0.5, 0.6) is 0 Å². The molecule has 2 N–H and O–H groups in total. The van der Waals surface area contributed by atoms with E-state index in [2.05, 4.69) is 6.92 Å². The SMILES string of the molecule is CCCCC[C@H](N)c1cccc(F)c1. The molecular formula is C12H18FN. The zero-order valence-corrected chi connectivity index (χ0v) is 8.67. The van der Waals surface area contributed by atoms with Crippen LogP contribution in [0.1, 0.15) is 44.2 Å². The summed E-state index contributed by atoms with van der Waals surface area (Å²) in [6.07, 6.45) is 4.45. The predicted octanol–water partition coefficient (Wildman–Crippen LogP) is 3.41. The van der Waals surface area contributed by atoms with Gasteiger partial charge in [-0.05, 0) is 24.1 Å². The number of unbranched alkanes of at least 4 members (excludes halogenated alkanes) is 2. The Hall–Kier alpha value is -0.890. The molecule has 1 aromatic carbocycles. The Morgan fingerprint density at radius 2 is 2.14 bits per heavy atom. The summed E-state index contributed by atoms with van der Waals surface area (Å²) in [4.78, 5) is 0. The van der Waals surface area contributed by atoms with Crippen molar-refractivity contribution in [3.8, 4) is 0 Å². The van der Waals surface area contributed by atoms with Crippen molar-refractivity contribution in [1.29, 1.82) is 0 Å². The highest BCUT2D eigenvalue weighted by atomic mass is 19.1. The number of rotatable bonds is 5. The molecule has 0 spiro atoms. The Balaban J connectivity index is 2.47. The van der Waals surface area contributed by atoms with Gasteiger partial charge >= 0.3 is 0 Å². The van der Waals surface area contributed by atoms with Crippen LogP contribution >= 0.6 is 0 Å². The lowest BCUT2D eigenvalue weighted by Gasteiger charge is -2.11. The Bertz CT molecular complexity index is 273. The summed E-state index contributed by atoms with van der Waals surface area (Å²) in [5.74, 6) is -0.201. The molecule has 2 heteroatoms. The second-order valence-corrected chi connectivity index (χ2v) is 3.66. The van der Waals surface area contributed by atoms with Crippen LogP contribution in [0.3, 0.4) is 0 Å². The topological polar surface area (TPSA) is 26.0 Å². The molecule has 0 aliphatic carbocycles. The van der Waals surface area contributed by atoms with Gasteiger partial charge in [0.05, 0.1) is 0 Å². The molecule has 0 aromatic heterocycles. The van der Waals surface area contributed by atoms with E-state index in [1.165, 1.54) is 25.0 Å².